The number of ketones is 1. The van der Waals surface area contributed by atoms with E-state index >= 15 is 0 Å². The maximum absolute atomic E-state index is 11.2. The van der Waals surface area contributed by atoms with Crippen LogP contribution in [0.4, 0.5) is 0 Å². The summed E-state index contributed by atoms with van der Waals surface area (Å²) in [5.41, 5.74) is 3.65. The smallest absolute Gasteiger partial charge is 0.135 e. The number of ether oxygens (including phenoxy) is 1. The molecule has 3 nitrogen and oxygen atoms in total. The third-order valence-electron chi connectivity index (χ3n) is 5.98. The zero-order chi connectivity index (χ0) is 19.3. The summed E-state index contributed by atoms with van der Waals surface area (Å²) in [4.78, 5) is 13.8. The van der Waals surface area contributed by atoms with Gasteiger partial charge in [0.1, 0.15) is 17.3 Å². The molecule has 2 aliphatic heterocycles. The predicted molar refractivity (Wildman–Crippen MR) is 114 cm³/mol. The zero-order valence-corrected chi connectivity index (χ0v) is 16.7. The minimum atomic E-state index is 0.325. The fraction of sp³-hybridized carbons (Fsp3) is 0.400. The second kappa shape index (κ2) is 8.74. The van der Waals surface area contributed by atoms with Gasteiger partial charge in [0.05, 0.1) is 0 Å². The van der Waals surface area contributed by atoms with Gasteiger partial charge in [-0.3, -0.25) is 0 Å². The molecule has 28 heavy (non-hydrogen) atoms. The Morgan fingerprint density at radius 3 is 2.25 bits per heavy atom. The predicted octanol–water partition coefficient (Wildman–Crippen LogP) is 5.70. The molecule has 0 unspecified atom stereocenters. The lowest BCUT2D eigenvalue weighted by Crippen LogP contribution is -2.34. The highest BCUT2D eigenvalue weighted by molar-refractivity contribution is 5.87. The zero-order valence-electron chi connectivity index (χ0n) is 16.7. The van der Waals surface area contributed by atoms with Gasteiger partial charge in [0.25, 0.3) is 0 Å². The first-order valence-electron chi connectivity index (χ1n) is 10.5. The Bertz CT molecular complexity index is 815. The minimum absolute atomic E-state index is 0.325. The average molecular weight is 376 g/mol. The number of piperidine rings is 1. The van der Waals surface area contributed by atoms with E-state index in [1.54, 1.807) is 6.92 Å². The number of hydrogen-bond acceptors (Lipinski definition) is 3. The highest BCUT2D eigenvalue weighted by Crippen LogP contribution is 2.43. The van der Waals surface area contributed by atoms with Gasteiger partial charge in [-0.1, -0.05) is 42.5 Å². The van der Waals surface area contributed by atoms with E-state index in [0.717, 1.165) is 56.3 Å². The Balaban J connectivity index is 1.39. The van der Waals surface area contributed by atoms with Crippen molar-refractivity contribution in [3.05, 3.63) is 65.7 Å². The normalized spacial score (nSPS) is 16.8. The standard InChI is InChI=1S/C25H29NO2/c1-19(27)12-13-20-14-17-26(18-15-20)16-6-9-21-22-7-2-4-10-24(22)28-25-11-5-3-8-23(21)25/h2-5,7-11,20H,6,12-18H2,1H3. The Morgan fingerprint density at radius 1 is 1.04 bits per heavy atom. The van der Waals surface area contributed by atoms with E-state index in [2.05, 4.69) is 35.2 Å². The Hall–Kier alpha value is -2.39. The molecule has 1 fully saturated rings. The Labute approximate surface area is 168 Å². The first-order valence-corrected chi connectivity index (χ1v) is 10.5. The molecule has 3 heteroatoms. The summed E-state index contributed by atoms with van der Waals surface area (Å²) in [5.74, 6) is 2.94. The van der Waals surface area contributed by atoms with Gasteiger partial charge in [-0.2, -0.15) is 0 Å². The molecule has 2 heterocycles. The summed E-state index contributed by atoms with van der Waals surface area (Å²) in [7, 11) is 0. The number of likely N-dealkylation sites (tertiary alicyclic amines) is 1. The summed E-state index contributed by atoms with van der Waals surface area (Å²) >= 11 is 0. The van der Waals surface area contributed by atoms with Crippen molar-refractivity contribution < 1.29 is 9.53 Å². The second-order valence-electron chi connectivity index (χ2n) is 8.03. The van der Waals surface area contributed by atoms with Crippen LogP contribution in [0.2, 0.25) is 0 Å². The van der Waals surface area contributed by atoms with Crippen molar-refractivity contribution in [3.63, 3.8) is 0 Å². The number of benzene rings is 2. The maximum Gasteiger partial charge on any atom is 0.135 e. The summed E-state index contributed by atoms with van der Waals surface area (Å²) in [6.45, 7) is 5.10. The molecule has 146 valence electrons. The van der Waals surface area contributed by atoms with Crippen molar-refractivity contribution in [2.45, 2.75) is 39.0 Å². The molecule has 0 aromatic heterocycles. The van der Waals surface area contributed by atoms with E-state index < -0.39 is 0 Å². The molecule has 0 radical (unpaired) electrons. The SMILES string of the molecule is CC(=O)CCC1CCN(CCC=C2c3ccccc3Oc3ccccc32)CC1. The summed E-state index contributed by atoms with van der Waals surface area (Å²) in [5, 5.41) is 0. The molecule has 1 saturated heterocycles. The van der Waals surface area contributed by atoms with Gasteiger partial charge in [0.15, 0.2) is 0 Å². The fourth-order valence-corrected chi connectivity index (χ4v) is 4.34. The van der Waals surface area contributed by atoms with Crippen molar-refractivity contribution in [1.29, 1.82) is 0 Å². The lowest BCUT2D eigenvalue weighted by Gasteiger charge is -2.31. The van der Waals surface area contributed by atoms with Gasteiger partial charge in [-0.05, 0) is 69.3 Å². The van der Waals surface area contributed by atoms with Gasteiger partial charge in [-0.25, -0.2) is 0 Å². The van der Waals surface area contributed by atoms with Crippen LogP contribution in [0.15, 0.2) is 54.6 Å². The Kier molecular flexibility index (Phi) is 5.92. The van der Waals surface area contributed by atoms with Crippen LogP contribution in [0.5, 0.6) is 11.5 Å². The van der Waals surface area contributed by atoms with Gasteiger partial charge in [-0.15, -0.1) is 0 Å². The molecular formula is C25H29NO2. The number of carbonyl (C=O) groups excluding carboxylic acids is 1. The van der Waals surface area contributed by atoms with Gasteiger partial charge in [0, 0.05) is 24.1 Å². The lowest BCUT2D eigenvalue weighted by molar-refractivity contribution is -0.117. The van der Waals surface area contributed by atoms with Gasteiger partial charge >= 0.3 is 0 Å². The van der Waals surface area contributed by atoms with Crippen LogP contribution in [0, 0.1) is 5.92 Å². The van der Waals surface area contributed by atoms with Crippen LogP contribution in [0.1, 0.15) is 50.2 Å². The fourth-order valence-electron chi connectivity index (χ4n) is 4.34. The highest BCUT2D eigenvalue weighted by Gasteiger charge is 2.22. The molecule has 4 rings (SSSR count). The van der Waals surface area contributed by atoms with Crippen LogP contribution in [0.3, 0.4) is 0 Å². The van der Waals surface area contributed by atoms with Crippen molar-refractivity contribution in [2.75, 3.05) is 19.6 Å². The second-order valence-corrected chi connectivity index (χ2v) is 8.03. The molecular weight excluding hydrogens is 346 g/mol. The Morgan fingerprint density at radius 2 is 1.64 bits per heavy atom. The number of carbonyl (C=O) groups is 1. The third-order valence-corrected chi connectivity index (χ3v) is 5.98. The number of nitrogens with zero attached hydrogens (tertiary/aromatic N) is 1. The van der Waals surface area contributed by atoms with Gasteiger partial charge in [0.2, 0.25) is 0 Å². The van der Waals surface area contributed by atoms with E-state index in [4.69, 9.17) is 4.74 Å². The van der Waals surface area contributed by atoms with Crippen molar-refractivity contribution >= 4 is 11.4 Å². The number of Topliss-reactive ketones (excluding diaryl/α,β-unsaturated/α-hetero) is 1. The van der Waals surface area contributed by atoms with E-state index in [9.17, 15) is 4.79 Å². The summed E-state index contributed by atoms with van der Waals surface area (Å²) < 4.78 is 6.08. The third kappa shape index (κ3) is 4.36. The molecule has 0 amide bonds. The molecule has 2 aromatic carbocycles. The number of fused-ring (bicyclic) bond motifs is 2. The van der Waals surface area contributed by atoms with Crippen molar-refractivity contribution in [1.82, 2.24) is 4.90 Å². The monoisotopic (exact) mass is 375 g/mol. The van der Waals surface area contributed by atoms with E-state index in [1.165, 1.54) is 29.5 Å². The molecule has 0 N–H and O–H groups in total. The highest BCUT2D eigenvalue weighted by atomic mass is 16.5. The number of rotatable bonds is 6. The summed E-state index contributed by atoms with van der Waals surface area (Å²) in [6.07, 6.45) is 7.68. The molecule has 0 saturated carbocycles. The summed E-state index contributed by atoms with van der Waals surface area (Å²) in [6, 6.07) is 16.6. The number of para-hydroxylation sites is 2. The quantitative estimate of drug-likeness (QED) is 0.554. The van der Waals surface area contributed by atoms with E-state index in [0.29, 0.717) is 5.78 Å². The van der Waals surface area contributed by atoms with Gasteiger partial charge < -0.3 is 14.4 Å². The van der Waals surface area contributed by atoms with E-state index in [-0.39, 0.29) is 0 Å². The first-order chi connectivity index (χ1) is 13.7. The molecule has 2 aromatic rings. The van der Waals surface area contributed by atoms with E-state index in [1.807, 2.05) is 24.3 Å². The van der Waals surface area contributed by atoms with Crippen LogP contribution >= 0.6 is 0 Å². The van der Waals surface area contributed by atoms with Crippen molar-refractivity contribution in [3.8, 4) is 11.5 Å². The lowest BCUT2D eigenvalue weighted by atomic mass is 9.91. The van der Waals surface area contributed by atoms with Crippen LogP contribution in [-0.2, 0) is 4.79 Å². The van der Waals surface area contributed by atoms with Crippen LogP contribution < -0.4 is 4.74 Å². The molecule has 0 spiro atoms. The molecule has 2 aliphatic rings. The van der Waals surface area contributed by atoms with Crippen molar-refractivity contribution in [2.24, 2.45) is 5.92 Å². The van der Waals surface area contributed by atoms with Crippen LogP contribution in [-0.4, -0.2) is 30.3 Å². The number of hydrogen-bond donors (Lipinski definition) is 0. The molecule has 0 bridgehead atoms. The topological polar surface area (TPSA) is 29.5 Å². The maximum atomic E-state index is 11.2. The molecule has 0 atom stereocenters. The molecule has 0 aliphatic carbocycles. The largest absolute Gasteiger partial charge is 0.456 e. The average Bonchev–Trinajstić information content (AvgIpc) is 2.72. The first kappa shape index (κ1) is 18.9. The minimum Gasteiger partial charge on any atom is -0.456 e. The van der Waals surface area contributed by atoms with Crippen LogP contribution in [0.25, 0.3) is 5.57 Å².